The number of likely N-dealkylation sites (N-methyl/N-ethyl adjacent to an activating group) is 1. The third kappa shape index (κ3) is 3.83. The summed E-state index contributed by atoms with van der Waals surface area (Å²) in [5.74, 6) is 0.388. The molecule has 146 valence electrons. The normalized spacial score (nSPS) is 23.2. The highest BCUT2D eigenvalue weighted by molar-refractivity contribution is 5.92. The fourth-order valence-electron chi connectivity index (χ4n) is 3.24. The molecule has 1 aliphatic heterocycles. The third-order valence-corrected chi connectivity index (χ3v) is 5.19. The zero-order valence-electron chi connectivity index (χ0n) is 15.9. The van der Waals surface area contributed by atoms with Gasteiger partial charge in [0.1, 0.15) is 17.8 Å². The van der Waals surface area contributed by atoms with Crippen molar-refractivity contribution in [1.29, 1.82) is 0 Å². The van der Waals surface area contributed by atoms with E-state index >= 15 is 0 Å². The van der Waals surface area contributed by atoms with Gasteiger partial charge in [0.2, 0.25) is 0 Å². The number of benzene rings is 1. The van der Waals surface area contributed by atoms with Crippen LogP contribution in [0.4, 0.5) is 0 Å². The highest BCUT2D eigenvalue weighted by Crippen LogP contribution is 2.23. The van der Waals surface area contributed by atoms with Gasteiger partial charge in [0, 0.05) is 18.8 Å². The van der Waals surface area contributed by atoms with Crippen molar-refractivity contribution in [3.63, 3.8) is 0 Å². The maximum absolute atomic E-state index is 12.6. The number of hydrogen-bond donors (Lipinski definition) is 2. The SMILES string of the molecule is COc1ccccc1-n1cnc(C(=O)NC[C@]2(CO)COC[C@@H](C)N2C)c1. The van der Waals surface area contributed by atoms with E-state index in [0.29, 0.717) is 24.7 Å². The van der Waals surface area contributed by atoms with Gasteiger partial charge in [-0.1, -0.05) is 12.1 Å². The second kappa shape index (κ2) is 8.08. The summed E-state index contributed by atoms with van der Waals surface area (Å²) in [6.07, 6.45) is 3.23. The lowest BCUT2D eigenvalue weighted by atomic mass is 9.96. The van der Waals surface area contributed by atoms with Crippen LogP contribution in [0, 0.1) is 0 Å². The van der Waals surface area contributed by atoms with Crippen LogP contribution in [0.3, 0.4) is 0 Å². The molecule has 1 aromatic carbocycles. The number of imidazole rings is 1. The van der Waals surface area contributed by atoms with Crippen LogP contribution in [0.5, 0.6) is 5.75 Å². The number of morpholine rings is 1. The molecule has 0 spiro atoms. The molecule has 1 aromatic heterocycles. The number of carbonyl (C=O) groups is 1. The zero-order chi connectivity index (χ0) is 19.4. The molecule has 0 radical (unpaired) electrons. The first-order chi connectivity index (χ1) is 13.0. The average Bonchev–Trinajstić information content (AvgIpc) is 3.19. The van der Waals surface area contributed by atoms with E-state index in [2.05, 4.69) is 15.2 Å². The second-order valence-corrected chi connectivity index (χ2v) is 6.88. The number of nitrogens with one attached hydrogen (secondary N) is 1. The number of aromatic nitrogens is 2. The summed E-state index contributed by atoms with van der Waals surface area (Å²) in [5.41, 5.74) is 0.451. The molecule has 2 heterocycles. The Morgan fingerprint density at radius 1 is 1.48 bits per heavy atom. The Labute approximate surface area is 158 Å². The molecule has 2 N–H and O–H groups in total. The van der Waals surface area contributed by atoms with Gasteiger partial charge < -0.3 is 24.5 Å². The minimum Gasteiger partial charge on any atom is -0.495 e. The van der Waals surface area contributed by atoms with E-state index < -0.39 is 5.54 Å². The fourth-order valence-corrected chi connectivity index (χ4v) is 3.24. The summed E-state index contributed by atoms with van der Waals surface area (Å²) in [4.78, 5) is 18.8. The zero-order valence-corrected chi connectivity index (χ0v) is 15.9. The first-order valence-corrected chi connectivity index (χ1v) is 8.88. The summed E-state index contributed by atoms with van der Waals surface area (Å²) in [6, 6.07) is 7.67. The van der Waals surface area contributed by atoms with Crippen LogP contribution in [0.1, 0.15) is 17.4 Å². The number of para-hydroxylation sites is 2. The quantitative estimate of drug-likeness (QED) is 0.774. The van der Waals surface area contributed by atoms with Crippen molar-refractivity contribution in [2.45, 2.75) is 18.5 Å². The van der Waals surface area contributed by atoms with Crippen molar-refractivity contribution in [3.8, 4) is 11.4 Å². The van der Waals surface area contributed by atoms with E-state index in [1.54, 1.807) is 24.2 Å². The second-order valence-electron chi connectivity index (χ2n) is 6.88. The largest absolute Gasteiger partial charge is 0.495 e. The van der Waals surface area contributed by atoms with Crippen molar-refractivity contribution < 1.29 is 19.4 Å². The smallest absolute Gasteiger partial charge is 0.271 e. The summed E-state index contributed by atoms with van der Waals surface area (Å²) < 4.78 is 12.7. The lowest BCUT2D eigenvalue weighted by Crippen LogP contribution is -2.65. The number of methoxy groups -OCH3 is 1. The number of nitrogens with zero attached hydrogens (tertiary/aromatic N) is 3. The molecular weight excluding hydrogens is 348 g/mol. The van der Waals surface area contributed by atoms with Crippen molar-refractivity contribution in [1.82, 2.24) is 19.8 Å². The maximum atomic E-state index is 12.6. The van der Waals surface area contributed by atoms with Gasteiger partial charge in [-0.25, -0.2) is 4.98 Å². The number of carbonyl (C=O) groups excluding carboxylic acids is 1. The van der Waals surface area contributed by atoms with Gasteiger partial charge in [-0.2, -0.15) is 0 Å². The Morgan fingerprint density at radius 2 is 2.26 bits per heavy atom. The number of aliphatic hydroxyl groups is 1. The fraction of sp³-hybridized carbons (Fsp3) is 0.474. The van der Waals surface area contributed by atoms with Gasteiger partial charge in [0.05, 0.1) is 38.2 Å². The number of aliphatic hydroxyl groups excluding tert-OH is 1. The number of amides is 1. The molecule has 8 heteroatoms. The van der Waals surface area contributed by atoms with Crippen LogP contribution in [0.15, 0.2) is 36.8 Å². The van der Waals surface area contributed by atoms with Crippen molar-refractivity contribution in [2.75, 3.05) is 40.5 Å². The first kappa shape index (κ1) is 19.3. The molecule has 0 aliphatic carbocycles. The number of rotatable bonds is 6. The summed E-state index contributed by atoms with van der Waals surface area (Å²) in [6.45, 7) is 3.16. The molecule has 2 aromatic rings. The predicted octanol–water partition coefficient (Wildman–Crippen LogP) is 0.692. The van der Waals surface area contributed by atoms with E-state index in [9.17, 15) is 9.90 Å². The molecular formula is C19H26N4O4. The molecule has 27 heavy (non-hydrogen) atoms. The minimum absolute atomic E-state index is 0.107. The highest BCUT2D eigenvalue weighted by Gasteiger charge is 2.40. The van der Waals surface area contributed by atoms with Crippen LogP contribution in [0.2, 0.25) is 0 Å². The molecule has 0 unspecified atom stereocenters. The predicted molar refractivity (Wildman–Crippen MR) is 100 cm³/mol. The number of ether oxygens (including phenoxy) is 2. The monoisotopic (exact) mass is 374 g/mol. The Morgan fingerprint density at radius 3 is 3.00 bits per heavy atom. The lowest BCUT2D eigenvalue weighted by Gasteiger charge is -2.47. The first-order valence-electron chi connectivity index (χ1n) is 8.88. The highest BCUT2D eigenvalue weighted by atomic mass is 16.5. The van der Waals surface area contributed by atoms with Gasteiger partial charge in [0.25, 0.3) is 5.91 Å². The van der Waals surface area contributed by atoms with E-state index in [0.717, 1.165) is 5.69 Å². The minimum atomic E-state index is -0.640. The van der Waals surface area contributed by atoms with Gasteiger partial charge in [0.15, 0.2) is 0 Å². The van der Waals surface area contributed by atoms with Crippen molar-refractivity contribution in [3.05, 3.63) is 42.5 Å². The van der Waals surface area contributed by atoms with Gasteiger partial charge in [-0.05, 0) is 26.1 Å². The molecule has 0 saturated carbocycles. The van der Waals surface area contributed by atoms with E-state index in [4.69, 9.17) is 9.47 Å². The summed E-state index contributed by atoms with van der Waals surface area (Å²) >= 11 is 0. The Hall–Kier alpha value is -2.42. The molecule has 1 saturated heterocycles. The Balaban J connectivity index is 1.71. The topological polar surface area (TPSA) is 88.9 Å². The van der Waals surface area contributed by atoms with Crippen LogP contribution in [0.25, 0.3) is 5.69 Å². The van der Waals surface area contributed by atoms with Crippen LogP contribution >= 0.6 is 0 Å². The van der Waals surface area contributed by atoms with Crippen molar-refractivity contribution in [2.24, 2.45) is 0 Å². The van der Waals surface area contributed by atoms with Gasteiger partial charge in [-0.3, -0.25) is 9.69 Å². The van der Waals surface area contributed by atoms with E-state index in [-0.39, 0.29) is 25.1 Å². The molecule has 2 atom stereocenters. The molecule has 1 fully saturated rings. The average molecular weight is 374 g/mol. The van der Waals surface area contributed by atoms with Crippen LogP contribution < -0.4 is 10.1 Å². The Bertz CT molecular complexity index is 794. The molecule has 1 amide bonds. The molecule has 3 rings (SSSR count). The molecule has 8 nitrogen and oxygen atoms in total. The van der Waals surface area contributed by atoms with Crippen molar-refractivity contribution >= 4 is 5.91 Å². The summed E-state index contributed by atoms with van der Waals surface area (Å²) in [5, 5.41) is 12.8. The number of hydrogen-bond acceptors (Lipinski definition) is 6. The van der Waals surface area contributed by atoms with Crippen LogP contribution in [-0.4, -0.2) is 77.6 Å². The van der Waals surface area contributed by atoms with Gasteiger partial charge >= 0.3 is 0 Å². The van der Waals surface area contributed by atoms with E-state index in [1.165, 1.54) is 0 Å². The standard InChI is InChI=1S/C19H26N4O4/c1-14-9-27-12-19(11-24,22(14)2)10-20-18(25)15-8-23(13-21-15)16-6-4-5-7-17(16)26-3/h4-8,13-14,24H,9-12H2,1-3H3,(H,20,25)/t14-,19+/m1/s1. The van der Waals surface area contributed by atoms with E-state index in [1.807, 2.05) is 38.2 Å². The van der Waals surface area contributed by atoms with Crippen LogP contribution in [-0.2, 0) is 4.74 Å². The maximum Gasteiger partial charge on any atom is 0.271 e. The summed E-state index contributed by atoms with van der Waals surface area (Å²) in [7, 11) is 3.54. The molecule has 1 aliphatic rings. The third-order valence-electron chi connectivity index (χ3n) is 5.19. The lowest BCUT2D eigenvalue weighted by molar-refractivity contribution is -0.105. The Kier molecular flexibility index (Phi) is 5.79. The van der Waals surface area contributed by atoms with Gasteiger partial charge in [-0.15, -0.1) is 0 Å². The molecule has 0 bridgehead atoms.